The van der Waals surface area contributed by atoms with E-state index in [9.17, 15) is 20.1 Å². The summed E-state index contributed by atoms with van der Waals surface area (Å²) >= 11 is 0. The van der Waals surface area contributed by atoms with E-state index in [0.29, 0.717) is 6.42 Å². The largest absolute Gasteiger partial charge is 0.508 e. The maximum absolute atomic E-state index is 11.9. The van der Waals surface area contributed by atoms with E-state index in [1.54, 1.807) is 0 Å². The molecule has 0 bridgehead atoms. The Labute approximate surface area is 120 Å². The minimum absolute atomic E-state index is 0.0891. The Hall–Kier alpha value is -1.71. The van der Waals surface area contributed by atoms with Crippen LogP contribution in [-0.4, -0.2) is 21.1 Å². The Morgan fingerprint density at radius 3 is 1.95 bits per heavy atom. The Kier molecular flexibility index (Phi) is 6.91. The van der Waals surface area contributed by atoms with E-state index >= 15 is 0 Å². The van der Waals surface area contributed by atoms with Crippen molar-refractivity contribution in [1.82, 2.24) is 0 Å². The normalized spacial score (nSPS) is 10.7. The summed E-state index contributed by atoms with van der Waals surface area (Å²) in [7, 11) is 0. The average molecular weight is 280 g/mol. The van der Waals surface area contributed by atoms with Crippen molar-refractivity contribution in [2.75, 3.05) is 0 Å². The zero-order chi connectivity index (χ0) is 15.0. The molecule has 0 aliphatic heterocycles. The minimum Gasteiger partial charge on any atom is -0.508 e. The summed E-state index contributed by atoms with van der Waals surface area (Å²) in [6, 6.07) is 2.13. The number of hydrogen-bond acceptors (Lipinski definition) is 4. The van der Waals surface area contributed by atoms with Crippen LogP contribution in [0.3, 0.4) is 0 Å². The minimum atomic E-state index is -0.365. The summed E-state index contributed by atoms with van der Waals surface area (Å²) in [5.41, 5.74) is -0.0891. The van der Waals surface area contributed by atoms with Gasteiger partial charge in [-0.25, -0.2) is 0 Å². The lowest BCUT2D eigenvalue weighted by atomic mass is 10.0. The van der Waals surface area contributed by atoms with Gasteiger partial charge in [0.25, 0.3) is 0 Å². The van der Waals surface area contributed by atoms with Gasteiger partial charge in [-0.05, 0) is 6.42 Å². The van der Waals surface area contributed by atoms with E-state index < -0.39 is 0 Å². The molecule has 0 atom stereocenters. The molecule has 1 aromatic rings. The van der Waals surface area contributed by atoms with E-state index in [1.807, 2.05) is 0 Å². The molecule has 0 aromatic heterocycles. The maximum atomic E-state index is 11.9. The first-order valence-corrected chi connectivity index (χ1v) is 7.34. The van der Waals surface area contributed by atoms with E-state index in [2.05, 4.69) is 6.92 Å². The number of benzene rings is 1. The van der Waals surface area contributed by atoms with Crippen LogP contribution in [0.25, 0.3) is 0 Å². The van der Waals surface area contributed by atoms with Gasteiger partial charge in [-0.1, -0.05) is 45.4 Å². The molecule has 0 saturated carbocycles. The number of phenols is 3. The van der Waals surface area contributed by atoms with E-state index in [4.69, 9.17) is 0 Å². The van der Waals surface area contributed by atoms with Crippen LogP contribution in [0.2, 0.25) is 0 Å². The number of Topliss-reactive ketones (excluding diaryl/α,β-unsaturated/α-hetero) is 1. The highest BCUT2D eigenvalue weighted by Gasteiger charge is 2.17. The van der Waals surface area contributed by atoms with Crippen molar-refractivity contribution >= 4 is 5.78 Å². The van der Waals surface area contributed by atoms with Gasteiger partial charge in [0.05, 0.1) is 0 Å². The van der Waals surface area contributed by atoms with E-state index in [1.165, 1.54) is 25.7 Å². The summed E-state index contributed by atoms with van der Waals surface area (Å²) in [6.07, 6.45) is 8.06. The first kappa shape index (κ1) is 16.3. The summed E-state index contributed by atoms with van der Waals surface area (Å²) in [6.45, 7) is 2.18. The molecule has 3 N–H and O–H groups in total. The number of aromatic hydroxyl groups is 3. The number of hydrogen-bond donors (Lipinski definition) is 3. The maximum Gasteiger partial charge on any atom is 0.170 e. The zero-order valence-electron chi connectivity index (χ0n) is 12.1. The standard InChI is InChI=1S/C16H24O4/c1-2-3-4-5-6-7-8-9-13(18)16-14(19)10-12(17)11-15(16)20/h10-11,17,19-20H,2-9H2,1H3. The molecule has 0 spiro atoms. The van der Waals surface area contributed by atoms with Crippen molar-refractivity contribution in [3.8, 4) is 17.2 Å². The molecular weight excluding hydrogens is 256 g/mol. The summed E-state index contributed by atoms with van der Waals surface area (Å²) < 4.78 is 0. The topological polar surface area (TPSA) is 77.8 Å². The highest BCUT2D eigenvalue weighted by atomic mass is 16.3. The molecule has 4 heteroatoms. The lowest BCUT2D eigenvalue weighted by Gasteiger charge is -2.07. The second kappa shape index (κ2) is 8.46. The molecule has 0 amide bonds. The lowest BCUT2D eigenvalue weighted by Crippen LogP contribution is -2.00. The number of ketones is 1. The van der Waals surface area contributed by atoms with Crippen LogP contribution in [0.4, 0.5) is 0 Å². The summed E-state index contributed by atoms with van der Waals surface area (Å²) in [4.78, 5) is 11.9. The third-order valence-corrected chi connectivity index (χ3v) is 3.37. The number of phenolic OH excluding ortho intramolecular Hbond substituents is 3. The molecule has 4 nitrogen and oxygen atoms in total. The summed E-state index contributed by atoms with van der Waals surface area (Å²) in [5.74, 6) is -1.27. The highest BCUT2D eigenvalue weighted by molar-refractivity contribution is 6.01. The van der Waals surface area contributed by atoms with Crippen LogP contribution < -0.4 is 0 Å². The van der Waals surface area contributed by atoms with Gasteiger partial charge in [0.1, 0.15) is 22.8 Å². The summed E-state index contributed by atoms with van der Waals surface area (Å²) in [5, 5.41) is 28.4. The molecule has 0 fully saturated rings. The highest BCUT2D eigenvalue weighted by Crippen LogP contribution is 2.33. The first-order valence-electron chi connectivity index (χ1n) is 7.34. The third-order valence-electron chi connectivity index (χ3n) is 3.37. The first-order chi connectivity index (χ1) is 9.56. The quantitative estimate of drug-likeness (QED) is 0.469. The predicted octanol–water partition coefficient (Wildman–Crippen LogP) is 4.13. The molecule has 0 aliphatic rings. The van der Waals surface area contributed by atoms with Crippen molar-refractivity contribution < 1.29 is 20.1 Å². The van der Waals surface area contributed by atoms with Gasteiger partial charge in [-0.15, -0.1) is 0 Å². The predicted molar refractivity (Wildman–Crippen MR) is 78.4 cm³/mol. The van der Waals surface area contributed by atoms with E-state index in [-0.39, 0.29) is 28.6 Å². The molecule has 20 heavy (non-hydrogen) atoms. The fourth-order valence-electron chi connectivity index (χ4n) is 2.25. The van der Waals surface area contributed by atoms with Crippen LogP contribution in [0.15, 0.2) is 12.1 Å². The van der Waals surface area contributed by atoms with Crippen LogP contribution in [0.5, 0.6) is 17.2 Å². The number of rotatable bonds is 9. The Morgan fingerprint density at radius 1 is 0.900 bits per heavy atom. The Balaban J connectivity index is 2.37. The van der Waals surface area contributed by atoms with Gasteiger partial charge in [0.15, 0.2) is 5.78 Å². The molecule has 0 aliphatic carbocycles. The third kappa shape index (κ3) is 5.11. The number of carbonyl (C=O) groups excluding carboxylic acids is 1. The zero-order valence-corrected chi connectivity index (χ0v) is 12.1. The smallest absolute Gasteiger partial charge is 0.170 e. The van der Waals surface area contributed by atoms with Crippen molar-refractivity contribution in [2.24, 2.45) is 0 Å². The van der Waals surface area contributed by atoms with Crippen LogP contribution in [0.1, 0.15) is 68.6 Å². The molecule has 1 rings (SSSR count). The van der Waals surface area contributed by atoms with Gasteiger partial charge in [0, 0.05) is 18.6 Å². The average Bonchev–Trinajstić information content (AvgIpc) is 2.36. The molecular formula is C16H24O4. The molecule has 0 radical (unpaired) electrons. The van der Waals surface area contributed by atoms with E-state index in [0.717, 1.165) is 31.4 Å². The molecule has 0 unspecified atom stereocenters. The van der Waals surface area contributed by atoms with Gasteiger partial charge >= 0.3 is 0 Å². The van der Waals surface area contributed by atoms with Crippen molar-refractivity contribution in [2.45, 2.75) is 58.3 Å². The van der Waals surface area contributed by atoms with Crippen LogP contribution in [0, 0.1) is 0 Å². The van der Waals surface area contributed by atoms with Crippen LogP contribution >= 0.6 is 0 Å². The lowest BCUT2D eigenvalue weighted by molar-refractivity contribution is 0.0973. The molecule has 112 valence electrons. The molecule has 0 heterocycles. The fourth-order valence-corrected chi connectivity index (χ4v) is 2.25. The van der Waals surface area contributed by atoms with Crippen molar-refractivity contribution in [3.63, 3.8) is 0 Å². The van der Waals surface area contributed by atoms with Crippen molar-refractivity contribution in [3.05, 3.63) is 17.7 Å². The van der Waals surface area contributed by atoms with Gasteiger partial charge in [-0.3, -0.25) is 4.79 Å². The Bertz CT molecular complexity index is 417. The number of unbranched alkanes of at least 4 members (excludes halogenated alkanes) is 6. The van der Waals surface area contributed by atoms with Crippen molar-refractivity contribution in [1.29, 1.82) is 0 Å². The molecule has 1 aromatic carbocycles. The van der Waals surface area contributed by atoms with Crippen LogP contribution in [-0.2, 0) is 0 Å². The second-order valence-electron chi connectivity index (χ2n) is 5.15. The van der Waals surface area contributed by atoms with Gasteiger partial charge in [0.2, 0.25) is 0 Å². The van der Waals surface area contributed by atoms with Gasteiger partial charge in [-0.2, -0.15) is 0 Å². The Morgan fingerprint density at radius 2 is 1.40 bits per heavy atom. The fraction of sp³-hybridized carbons (Fsp3) is 0.562. The monoisotopic (exact) mass is 280 g/mol. The second-order valence-corrected chi connectivity index (χ2v) is 5.15. The SMILES string of the molecule is CCCCCCCCCC(=O)c1c(O)cc(O)cc1O. The number of carbonyl (C=O) groups is 1. The van der Waals surface area contributed by atoms with Gasteiger partial charge < -0.3 is 15.3 Å². The molecule has 0 saturated heterocycles.